The van der Waals surface area contributed by atoms with Gasteiger partial charge < -0.3 is 9.47 Å². The van der Waals surface area contributed by atoms with Crippen LogP contribution in [0, 0.1) is 0 Å². The molecule has 1 aliphatic rings. The zero-order valence-corrected chi connectivity index (χ0v) is 17.4. The normalized spacial score (nSPS) is 20.5. The average molecular weight is 413 g/mol. The summed E-state index contributed by atoms with van der Waals surface area (Å²) in [5, 5.41) is 0. The summed E-state index contributed by atoms with van der Waals surface area (Å²) >= 11 is 0. The fourth-order valence-corrected chi connectivity index (χ4v) is 3.51. The first-order valence-corrected chi connectivity index (χ1v) is 10.8. The Bertz CT molecular complexity index is 786. The van der Waals surface area contributed by atoms with Gasteiger partial charge in [0.1, 0.15) is 18.2 Å². The molecule has 0 bridgehead atoms. The summed E-state index contributed by atoms with van der Waals surface area (Å²) in [4.78, 5) is 26.4. The summed E-state index contributed by atoms with van der Waals surface area (Å²) in [5.41, 5.74) is 0.0639. The molecular weight excluding hydrogens is 386 g/mol. The molecule has 0 aliphatic carbocycles. The van der Waals surface area contributed by atoms with Crippen LogP contribution in [0.15, 0.2) is 30.3 Å². The van der Waals surface area contributed by atoms with E-state index in [1.54, 1.807) is 20.8 Å². The first kappa shape index (κ1) is 22.2. The van der Waals surface area contributed by atoms with Gasteiger partial charge in [-0.2, -0.15) is 8.42 Å². The summed E-state index contributed by atoms with van der Waals surface area (Å²) in [5.74, 6) is -0.562. The third-order valence-corrected chi connectivity index (χ3v) is 4.60. The molecule has 1 amide bonds. The van der Waals surface area contributed by atoms with E-state index in [9.17, 15) is 18.0 Å². The maximum Gasteiger partial charge on any atom is 0.411 e. The fraction of sp³-hybridized carbons (Fsp3) is 0.579. The standard InChI is InChI=1S/C19H27NO7S/c1-19(2,3)26-18(22)20-12-15(27-28(4,23)24)10-11-16(20)17(21)25-13-14-8-6-5-7-9-14/h5-9,15-16H,10-13H2,1-4H3. The molecule has 0 spiro atoms. The topological polar surface area (TPSA) is 99.2 Å². The second-order valence-corrected chi connectivity index (χ2v) is 9.34. The van der Waals surface area contributed by atoms with E-state index < -0.39 is 39.9 Å². The van der Waals surface area contributed by atoms with Gasteiger partial charge >= 0.3 is 12.1 Å². The number of likely N-dealkylation sites (tertiary alicyclic amines) is 1. The highest BCUT2D eigenvalue weighted by Crippen LogP contribution is 2.24. The lowest BCUT2D eigenvalue weighted by Crippen LogP contribution is -2.54. The van der Waals surface area contributed by atoms with Crippen LogP contribution in [0.1, 0.15) is 39.2 Å². The molecule has 1 aromatic rings. The van der Waals surface area contributed by atoms with Gasteiger partial charge in [-0.1, -0.05) is 30.3 Å². The minimum atomic E-state index is -3.69. The van der Waals surface area contributed by atoms with Gasteiger partial charge in [-0.25, -0.2) is 9.59 Å². The highest BCUT2D eigenvalue weighted by Gasteiger charge is 2.40. The van der Waals surface area contributed by atoms with Crippen LogP contribution >= 0.6 is 0 Å². The predicted octanol–water partition coefficient (Wildman–Crippen LogP) is 2.47. The molecule has 1 aromatic carbocycles. The molecule has 2 atom stereocenters. The first-order valence-electron chi connectivity index (χ1n) is 9.03. The van der Waals surface area contributed by atoms with E-state index in [0.29, 0.717) is 6.42 Å². The quantitative estimate of drug-likeness (QED) is 0.540. The molecule has 1 heterocycles. The SMILES string of the molecule is CC(C)(C)OC(=O)N1CC(OS(C)(=O)=O)CCC1C(=O)OCc1ccccc1. The van der Waals surface area contributed by atoms with Crippen LogP contribution in [-0.4, -0.2) is 55.9 Å². The molecule has 0 radical (unpaired) electrons. The molecule has 28 heavy (non-hydrogen) atoms. The Morgan fingerprint density at radius 1 is 1.14 bits per heavy atom. The van der Waals surface area contributed by atoms with Crippen LogP contribution in [0.5, 0.6) is 0 Å². The molecule has 0 saturated carbocycles. The molecule has 8 nitrogen and oxygen atoms in total. The molecule has 156 valence electrons. The van der Waals surface area contributed by atoms with Crippen molar-refractivity contribution in [2.45, 2.75) is 58.0 Å². The maximum absolute atomic E-state index is 12.6. The molecule has 0 aromatic heterocycles. The van der Waals surface area contributed by atoms with Crippen LogP contribution < -0.4 is 0 Å². The summed E-state index contributed by atoms with van der Waals surface area (Å²) < 4.78 is 38.6. The molecular formula is C19H27NO7S. The largest absolute Gasteiger partial charge is 0.459 e. The van der Waals surface area contributed by atoms with Crippen molar-refractivity contribution in [1.82, 2.24) is 4.90 Å². The van der Waals surface area contributed by atoms with Gasteiger partial charge in [-0.05, 0) is 39.2 Å². The lowest BCUT2D eigenvalue weighted by molar-refractivity contribution is -0.153. The second kappa shape index (κ2) is 8.91. The molecule has 1 saturated heterocycles. The van der Waals surface area contributed by atoms with Gasteiger partial charge in [-0.15, -0.1) is 0 Å². The Balaban J connectivity index is 2.10. The van der Waals surface area contributed by atoms with E-state index >= 15 is 0 Å². The van der Waals surface area contributed by atoms with E-state index in [0.717, 1.165) is 11.8 Å². The van der Waals surface area contributed by atoms with Gasteiger partial charge in [0, 0.05) is 0 Å². The first-order chi connectivity index (χ1) is 12.9. The van der Waals surface area contributed by atoms with Crippen LogP contribution in [0.2, 0.25) is 0 Å². The van der Waals surface area contributed by atoms with Gasteiger partial charge in [0.25, 0.3) is 10.1 Å². The van der Waals surface area contributed by atoms with Gasteiger partial charge in [0.15, 0.2) is 0 Å². The zero-order chi connectivity index (χ0) is 20.9. The van der Waals surface area contributed by atoms with Crippen LogP contribution in [-0.2, 0) is 35.2 Å². The minimum Gasteiger partial charge on any atom is -0.459 e. The Morgan fingerprint density at radius 2 is 1.79 bits per heavy atom. The van der Waals surface area contributed by atoms with E-state index in [-0.39, 0.29) is 19.6 Å². The Labute approximate surface area is 165 Å². The summed E-state index contributed by atoms with van der Waals surface area (Å²) in [6, 6.07) is 8.33. The molecule has 2 unspecified atom stereocenters. The van der Waals surface area contributed by atoms with Crippen molar-refractivity contribution in [3.8, 4) is 0 Å². The van der Waals surface area contributed by atoms with Gasteiger partial charge in [0.2, 0.25) is 0 Å². The third kappa shape index (κ3) is 7.12. The predicted molar refractivity (Wildman–Crippen MR) is 102 cm³/mol. The van der Waals surface area contributed by atoms with Gasteiger partial charge in [0.05, 0.1) is 18.9 Å². The number of benzene rings is 1. The number of hydrogen-bond donors (Lipinski definition) is 0. The third-order valence-electron chi connectivity index (χ3n) is 3.97. The number of hydrogen-bond acceptors (Lipinski definition) is 7. The molecule has 1 fully saturated rings. The molecule has 1 aliphatic heterocycles. The molecule has 2 rings (SSSR count). The van der Waals surface area contributed by atoms with E-state index in [2.05, 4.69) is 0 Å². The van der Waals surface area contributed by atoms with Crippen molar-refractivity contribution in [2.24, 2.45) is 0 Å². The van der Waals surface area contributed by atoms with E-state index in [1.807, 2.05) is 30.3 Å². The minimum absolute atomic E-state index is 0.0763. The number of carbonyl (C=O) groups excluding carboxylic acids is 2. The number of piperidine rings is 1. The molecule has 9 heteroatoms. The van der Waals surface area contributed by atoms with Crippen molar-refractivity contribution in [1.29, 1.82) is 0 Å². The van der Waals surface area contributed by atoms with E-state index in [4.69, 9.17) is 13.7 Å². The number of rotatable bonds is 5. The van der Waals surface area contributed by atoms with Crippen molar-refractivity contribution in [3.05, 3.63) is 35.9 Å². The van der Waals surface area contributed by atoms with Crippen molar-refractivity contribution in [2.75, 3.05) is 12.8 Å². The number of esters is 1. The zero-order valence-electron chi connectivity index (χ0n) is 16.6. The fourth-order valence-electron chi connectivity index (χ4n) is 2.86. The lowest BCUT2D eigenvalue weighted by Gasteiger charge is -2.38. The number of nitrogens with zero attached hydrogens (tertiary/aromatic N) is 1. The van der Waals surface area contributed by atoms with Crippen LogP contribution in [0.3, 0.4) is 0 Å². The lowest BCUT2D eigenvalue weighted by atomic mass is 10.0. The number of carbonyl (C=O) groups is 2. The monoisotopic (exact) mass is 413 g/mol. The Kier molecular flexibility index (Phi) is 7.06. The van der Waals surface area contributed by atoms with Crippen LogP contribution in [0.25, 0.3) is 0 Å². The Hall–Kier alpha value is -2.13. The smallest absolute Gasteiger partial charge is 0.411 e. The number of ether oxygens (including phenoxy) is 2. The molecule has 0 N–H and O–H groups in total. The van der Waals surface area contributed by atoms with Gasteiger partial charge in [-0.3, -0.25) is 9.08 Å². The van der Waals surface area contributed by atoms with Crippen molar-refractivity contribution < 1.29 is 31.7 Å². The highest BCUT2D eigenvalue weighted by atomic mass is 32.2. The van der Waals surface area contributed by atoms with Crippen LogP contribution in [0.4, 0.5) is 4.79 Å². The van der Waals surface area contributed by atoms with Crippen molar-refractivity contribution in [3.63, 3.8) is 0 Å². The highest BCUT2D eigenvalue weighted by molar-refractivity contribution is 7.86. The maximum atomic E-state index is 12.6. The summed E-state index contributed by atoms with van der Waals surface area (Å²) in [6.45, 7) is 5.14. The summed E-state index contributed by atoms with van der Waals surface area (Å²) in [7, 11) is -3.69. The Morgan fingerprint density at radius 3 is 2.36 bits per heavy atom. The average Bonchev–Trinajstić information content (AvgIpc) is 2.57. The summed E-state index contributed by atoms with van der Waals surface area (Å²) in [6.07, 6.45) is 0.0203. The van der Waals surface area contributed by atoms with E-state index in [1.165, 1.54) is 4.90 Å². The van der Waals surface area contributed by atoms with Crippen molar-refractivity contribution >= 4 is 22.2 Å². The number of amides is 1. The second-order valence-electron chi connectivity index (χ2n) is 7.74.